The highest BCUT2D eigenvalue weighted by atomic mass is 16.5. The van der Waals surface area contributed by atoms with E-state index in [0.29, 0.717) is 6.42 Å². The Hall–Kier alpha value is -2.24. The predicted octanol–water partition coefficient (Wildman–Crippen LogP) is 2.07. The molecule has 3 amide bonds. The third kappa shape index (κ3) is 4.40. The highest BCUT2D eigenvalue weighted by Crippen LogP contribution is 2.26. The molecule has 1 heterocycles. The molecule has 6 heteroatoms. The average Bonchev–Trinajstić information content (AvgIpc) is 3.02. The molecule has 6 nitrogen and oxygen atoms in total. The van der Waals surface area contributed by atoms with Crippen LogP contribution in [0.3, 0.4) is 0 Å². The smallest absolute Gasteiger partial charge is 0.312 e. The van der Waals surface area contributed by atoms with Gasteiger partial charge in [0, 0.05) is 12.6 Å². The lowest BCUT2D eigenvalue weighted by molar-refractivity contribution is -0.134. The average molecular weight is 333 g/mol. The minimum atomic E-state index is -0.651. The number of benzene rings is 1. The first-order valence-electron chi connectivity index (χ1n) is 8.55. The van der Waals surface area contributed by atoms with Crippen LogP contribution >= 0.6 is 0 Å². The Morgan fingerprint density at radius 3 is 2.83 bits per heavy atom. The van der Waals surface area contributed by atoms with Gasteiger partial charge in [0.25, 0.3) is 0 Å². The van der Waals surface area contributed by atoms with Crippen molar-refractivity contribution in [3.63, 3.8) is 0 Å². The highest BCUT2D eigenvalue weighted by molar-refractivity contribution is 5.87. The van der Waals surface area contributed by atoms with E-state index < -0.39 is 12.1 Å². The minimum Gasteiger partial charge on any atom is -0.496 e. The fraction of sp³-hybridized carbons (Fsp3) is 0.556. The van der Waals surface area contributed by atoms with Gasteiger partial charge in [-0.05, 0) is 37.3 Å². The molecule has 0 bridgehead atoms. The second-order valence-corrected chi connectivity index (χ2v) is 6.19. The molecule has 1 aromatic rings. The van der Waals surface area contributed by atoms with Gasteiger partial charge >= 0.3 is 6.03 Å². The van der Waals surface area contributed by atoms with Crippen molar-refractivity contribution in [1.29, 1.82) is 0 Å². The third-order valence-corrected chi connectivity index (χ3v) is 4.50. The van der Waals surface area contributed by atoms with Crippen LogP contribution < -0.4 is 15.8 Å². The fourth-order valence-corrected chi connectivity index (χ4v) is 3.38. The molecule has 0 unspecified atom stereocenters. The summed E-state index contributed by atoms with van der Waals surface area (Å²) in [4.78, 5) is 25.9. The van der Waals surface area contributed by atoms with Crippen LogP contribution in [0.2, 0.25) is 0 Å². The maximum atomic E-state index is 12.9. The van der Waals surface area contributed by atoms with Crippen LogP contribution in [0.4, 0.5) is 4.79 Å². The summed E-state index contributed by atoms with van der Waals surface area (Å²) in [7, 11) is 1.66. The summed E-state index contributed by atoms with van der Waals surface area (Å²) in [6.45, 7) is 2.71. The van der Waals surface area contributed by atoms with Crippen LogP contribution in [0.1, 0.15) is 38.2 Å². The van der Waals surface area contributed by atoms with Crippen molar-refractivity contribution in [1.82, 2.24) is 10.2 Å². The number of hydrogen-bond donors (Lipinski definition) is 2. The van der Waals surface area contributed by atoms with E-state index in [1.165, 1.54) is 0 Å². The lowest BCUT2D eigenvalue weighted by atomic mass is 10.0. The fourth-order valence-electron chi connectivity index (χ4n) is 3.38. The number of nitrogens with one attached hydrogen (secondary N) is 1. The molecule has 1 saturated heterocycles. The number of ether oxygens (including phenoxy) is 1. The highest BCUT2D eigenvalue weighted by Gasteiger charge is 2.33. The maximum absolute atomic E-state index is 12.9. The first-order chi connectivity index (χ1) is 11.6. The van der Waals surface area contributed by atoms with E-state index in [0.717, 1.165) is 43.5 Å². The number of nitrogens with two attached hydrogens (primary N) is 1. The van der Waals surface area contributed by atoms with Gasteiger partial charge in [0.1, 0.15) is 11.8 Å². The number of urea groups is 1. The van der Waals surface area contributed by atoms with E-state index >= 15 is 0 Å². The van der Waals surface area contributed by atoms with Crippen molar-refractivity contribution in [3.05, 3.63) is 29.8 Å². The number of nitrogens with zero attached hydrogens (tertiary/aromatic N) is 1. The van der Waals surface area contributed by atoms with Crippen molar-refractivity contribution >= 4 is 11.9 Å². The van der Waals surface area contributed by atoms with Gasteiger partial charge in [-0.1, -0.05) is 31.5 Å². The van der Waals surface area contributed by atoms with Crippen LogP contribution in [0.25, 0.3) is 0 Å². The number of amides is 3. The minimum absolute atomic E-state index is 0.0342. The molecule has 1 aliphatic rings. The zero-order chi connectivity index (χ0) is 17.5. The number of likely N-dealkylation sites (tertiary alicyclic amines) is 1. The molecule has 0 saturated carbocycles. The number of rotatable bonds is 7. The maximum Gasteiger partial charge on any atom is 0.312 e. The quantitative estimate of drug-likeness (QED) is 0.801. The number of para-hydroxylation sites is 1. The molecule has 2 atom stereocenters. The molecule has 2 rings (SSSR count). The van der Waals surface area contributed by atoms with Crippen LogP contribution in [0.5, 0.6) is 5.75 Å². The zero-order valence-corrected chi connectivity index (χ0v) is 14.5. The van der Waals surface area contributed by atoms with Crippen LogP contribution in [-0.2, 0) is 11.2 Å². The lowest BCUT2D eigenvalue weighted by Gasteiger charge is -2.29. The Morgan fingerprint density at radius 2 is 2.17 bits per heavy atom. The molecule has 1 aliphatic heterocycles. The van der Waals surface area contributed by atoms with Crippen molar-refractivity contribution in [2.24, 2.45) is 5.73 Å². The van der Waals surface area contributed by atoms with E-state index in [-0.39, 0.29) is 11.9 Å². The van der Waals surface area contributed by atoms with Gasteiger partial charge < -0.3 is 20.7 Å². The van der Waals surface area contributed by atoms with E-state index in [9.17, 15) is 9.59 Å². The largest absolute Gasteiger partial charge is 0.496 e. The number of carbonyl (C=O) groups excluding carboxylic acids is 2. The molecule has 0 aliphatic carbocycles. The monoisotopic (exact) mass is 333 g/mol. The summed E-state index contributed by atoms with van der Waals surface area (Å²) >= 11 is 0. The summed E-state index contributed by atoms with van der Waals surface area (Å²) in [5, 5.41) is 2.59. The van der Waals surface area contributed by atoms with E-state index in [1.807, 2.05) is 36.1 Å². The van der Waals surface area contributed by atoms with Gasteiger partial charge in [0.05, 0.1) is 7.11 Å². The lowest BCUT2D eigenvalue weighted by Crippen LogP contribution is -2.51. The van der Waals surface area contributed by atoms with Crippen molar-refractivity contribution < 1.29 is 14.3 Å². The topological polar surface area (TPSA) is 84.7 Å². The molecule has 1 fully saturated rings. The molecule has 0 spiro atoms. The van der Waals surface area contributed by atoms with Crippen molar-refractivity contribution in [2.75, 3.05) is 13.7 Å². The molecule has 132 valence electrons. The van der Waals surface area contributed by atoms with E-state index in [2.05, 4.69) is 5.32 Å². The van der Waals surface area contributed by atoms with Crippen molar-refractivity contribution in [2.45, 2.75) is 51.1 Å². The second-order valence-electron chi connectivity index (χ2n) is 6.19. The molecule has 3 N–H and O–H groups in total. The van der Waals surface area contributed by atoms with E-state index in [4.69, 9.17) is 10.5 Å². The normalized spacial score (nSPS) is 18.2. The Bertz CT molecular complexity index is 576. The van der Waals surface area contributed by atoms with Crippen molar-refractivity contribution in [3.8, 4) is 5.75 Å². The molecule has 0 radical (unpaired) electrons. The van der Waals surface area contributed by atoms with Crippen LogP contribution in [-0.4, -0.2) is 42.6 Å². The van der Waals surface area contributed by atoms with Gasteiger partial charge in [-0.25, -0.2) is 4.79 Å². The molecule has 1 aromatic carbocycles. The number of carbonyl (C=O) groups is 2. The van der Waals surface area contributed by atoms with Crippen LogP contribution in [0.15, 0.2) is 24.3 Å². The number of primary amides is 1. The summed E-state index contributed by atoms with van der Waals surface area (Å²) in [6, 6.07) is 6.83. The summed E-state index contributed by atoms with van der Waals surface area (Å²) in [5.41, 5.74) is 6.32. The second kappa shape index (κ2) is 8.57. The summed E-state index contributed by atoms with van der Waals surface area (Å²) in [6.07, 6.45) is 4.09. The first-order valence-corrected chi connectivity index (χ1v) is 8.55. The summed E-state index contributed by atoms with van der Waals surface area (Å²) in [5.74, 6) is 0.810. The molecule has 0 aromatic heterocycles. The predicted molar refractivity (Wildman–Crippen MR) is 92.8 cm³/mol. The van der Waals surface area contributed by atoms with Gasteiger partial charge in [-0.3, -0.25) is 4.79 Å². The Kier molecular flexibility index (Phi) is 6.46. The third-order valence-electron chi connectivity index (χ3n) is 4.50. The standard InChI is InChI=1S/C18H27N3O3/c1-3-7-15(20-18(19)23)17(22)21-11-6-9-14(21)12-13-8-4-5-10-16(13)24-2/h4-5,8,10,14-15H,3,6-7,9,11-12H2,1-2H3,(H3,19,20,23)/t14-,15+/m1/s1. The van der Waals surface area contributed by atoms with Gasteiger partial charge in [-0.15, -0.1) is 0 Å². The SMILES string of the molecule is CCC[C@H](NC(N)=O)C(=O)N1CCC[C@@H]1Cc1ccccc1OC. The van der Waals surface area contributed by atoms with Gasteiger partial charge in [0.15, 0.2) is 0 Å². The zero-order valence-electron chi connectivity index (χ0n) is 14.5. The van der Waals surface area contributed by atoms with E-state index in [1.54, 1.807) is 7.11 Å². The van der Waals surface area contributed by atoms with Crippen LogP contribution in [0, 0.1) is 0 Å². The van der Waals surface area contributed by atoms with Gasteiger partial charge in [-0.2, -0.15) is 0 Å². The Labute approximate surface area is 143 Å². The number of methoxy groups -OCH3 is 1. The summed E-state index contributed by atoms with van der Waals surface area (Å²) < 4.78 is 5.41. The first kappa shape index (κ1) is 18.1. The molecular formula is C18H27N3O3. The van der Waals surface area contributed by atoms with Gasteiger partial charge in [0.2, 0.25) is 5.91 Å². The Morgan fingerprint density at radius 1 is 1.42 bits per heavy atom. The molecular weight excluding hydrogens is 306 g/mol. The number of hydrogen-bond acceptors (Lipinski definition) is 3. The molecule has 24 heavy (non-hydrogen) atoms. The Balaban J connectivity index is 2.11.